The number of hydrogen-bond donors (Lipinski definition) is 2. The molecule has 1 unspecified atom stereocenters. The van der Waals surface area contributed by atoms with E-state index in [2.05, 4.69) is 26.8 Å². The highest BCUT2D eigenvalue weighted by Crippen LogP contribution is 2.67. The summed E-state index contributed by atoms with van der Waals surface area (Å²) < 4.78 is 31.2. The standard InChI is InChI=1S/C27H46O2/c1-17(2)7-6-8-18(3)20-11-12-21-19-9-10-23-25(29)24(28)14-16-27(23,5)22(19)13-15-26(20,21)4/h10,17-22,24-25,28-29H,6-9,11-16H2,1-5H3/t18-,19+,20-,21+,22+,24+,25-,26-,27-/m1/s1/i1D3,17D/t17?,18-,19+,20-,21+,22+,24+,25-,26-,27-. The summed E-state index contributed by atoms with van der Waals surface area (Å²) in [4.78, 5) is 0. The molecule has 3 fully saturated rings. The van der Waals surface area contributed by atoms with Gasteiger partial charge in [-0.2, -0.15) is 0 Å². The average Bonchev–Trinajstić information content (AvgIpc) is 3.07. The second kappa shape index (κ2) is 7.97. The second-order valence-electron chi connectivity index (χ2n) is 11.6. The van der Waals surface area contributed by atoms with Gasteiger partial charge in [0.05, 0.1) is 6.10 Å². The molecule has 0 heterocycles. The summed E-state index contributed by atoms with van der Waals surface area (Å²) in [5.74, 6) is 1.86. The summed E-state index contributed by atoms with van der Waals surface area (Å²) in [6.07, 6.45) is 11.0. The van der Waals surface area contributed by atoms with Crippen LogP contribution in [-0.2, 0) is 0 Å². The lowest BCUT2D eigenvalue weighted by molar-refractivity contribution is -0.0801. The first-order valence-electron chi connectivity index (χ1n) is 14.3. The SMILES string of the molecule is [2H]C([2H])([2H])C([2H])(C)CCC[C@@H](C)[C@H]1CC[C@H]2[C@@H]3CC=C4[C@@H](O)[C@@H](O)CC[C@]4(C)[C@H]3CC[C@]12C. The minimum absolute atomic E-state index is 0.0282. The lowest BCUT2D eigenvalue weighted by Crippen LogP contribution is -2.53. The Labute approximate surface area is 185 Å². The van der Waals surface area contributed by atoms with Crippen molar-refractivity contribution >= 4 is 0 Å². The molecule has 0 aromatic rings. The monoisotopic (exact) mass is 406 g/mol. The molecule has 4 rings (SSSR count). The van der Waals surface area contributed by atoms with Crippen molar-refractivity contribution in [2.75, 3.05) is 0 Å². The molecule has 10 atom stereocenters. The third kappa shape index (κ3) is 3.55. The summed E-state index contributed by atoms with van der Waals surface area (Å²) in [6.45, 7) is 6.59. The fraction of sp³-hybridized carbons (Fsp3) is 0.926. The first-order valence-corrected chi connectivity index (χ1v) is 12.3. The minimum atomic E-state index is -2.22. The normalized spacial score (nSPS) is 52.4. The van der Waals surface area contributed by atoms with E-state index in [-0.39, 0.29) is 5.41 Å². The molecule has 0 aromatic heterocycles. The van der Waals surface area contributed by atoms with E-state index >= 15 is 0 Å². The number of hydrogen-bond acceptors (Lipinski definition) is 2. The Morgan fingerprint density at radius 2 is 1.90 bits per heavy atom. The molecule has 0 bridgehead atoms. The third-order valence-electron chi connectivity index (χ3n) is 10.1. The van der Waals surface area contributed by atoms with Gasteiger partial charge >= 0.3 is 0 Å². The Kier molecular flexibility index (Phi) is 4.74. The lowest BCUT2D eigenvalue weighted by Gasteiger charge is -2.59. The topological polar surface area (TPSA) is 40.5 Å². The van der Waals surface area contributed by atoms with Crippen LogP contribution in [0.25, 0.3) is 0 Å². The van der Waals surface area contributed by atoms with Crippen LogP contribution in [0.15, 0.2) is 11.6 Å². The van der Waals surface area contributed by atoms with Gasteiger partial charge in [0, 0.05) is 5.48 Å². The third-order valence-corrected chi connectivity index (χ3v) is 10.1. The maximum Gasteiger partial charge on any atom is 0.101 e. The first kappa shape index (κ1) is 17.2. The summed E-state index contributed by atoms with van der Waals surface area (Å²) >= 11 is 0. The quantitative estimate of drug-likeness (QED) is 0.522. The van der Waals surface area contributed by atoms with E-state index < -0.39 is 25.0 Å². The van der Waals surface area contributed by atoms with Crippen LogP contribution in [0.4, 0.5) is 0 Å². The van der Waals surface area contributed by atoms with E-state index in [0.717, 1.165) is 31.3 Å². The number of aliphatic hydroxyl groups is 2. The fourth-order valence-corrected chi connectivity index (χ4v) is 8.58. The van der Waals surface area contributed by atoms with E-state index in [1.165, 1.54) is 25.7 Å². The number of fused-ring (bicyclic) bond motifs is 5. The molecule has 29 heavy (non-hydrogen) atoms. The summed E-state index contributed by atoms with van der Waals surface area (Å²) in [5.41, 5.74) is 1.48. The molecular formula is C27H46O2. The van der Waals surface area contributed by atoms with E-state index in [0.29, 0.717) is 47.8 Å². The molecule has 0 aromatic carbocycles. The van der Waals surface area contributed by atoms with Crippen molar-refractivity contribution in [3.05, 3.63) is 11.6 Å². The van der Waals surface area contributed by atoms with Crippen LogP contribution in [0.5, 0.6) is 0 Å². The van der Waals surface area contributed by atoms with Crippen molar-refractivity contribution in [2.45, 2.75) is 111 Å². The predicted molar refractivity (Wildman–Crippen MR) is 120 cm³/mol. The summed E-state index contributed by atoms with van der Waals surface area (Å²) in [7, 11) is 0. The van der Waals surface area contributed by atoms with Crippen molar-refractivity contribution in [2.24, 2.45) is 46.3 Å². The van der Waals surface area contributed by atoms with Gasteiger partial charge in [-0.3, -0.25) is 0 Å². The molecule has 0 aliphatic heterocycles. The predicted octanol–water partition coefficient (Wildman–Crippen LogP) is 6.36. The molecule has 0 amide bonds. The molecule has 4 aliphatic rings. The van der Waals surface area contributed by atoms with E-state index in [1.54, 1.807) is 6.92 Å². The van der Waals surface area contributed by atoms with Crippen molar-refractivity contribution in [3.8, 4) is 0 Å². The zero-order valence-corrected chi connectivity index (χ0v) is 19.1. The van der Waals surface area contributed by atoms with Crippen molar-refractivity contribution in [1.82, 2.24) is 0 Å². The maximum absolute atomic E-state index is 10.7. The Balaban J connectivity index is 1.45. The van der Waals surface area contributed by atoms with Crippen LogP contribution >= 0.6 is 0 Å². The van der Waals surface area contributed by atoms with Crippen molar-refractivity contribution in [1.29, 1.82) is 0 Å². The second-order valence-corrected chi connectivity index (χ2v) is 11.6. The van der Waals surface area contributed by atoms with Gasteiger partial charge in [-0.05, 0) is 96.8 Å². The van der Waals surface area contributed by atoms with Crippen LogP contribution in [0.3, 0.4) is 0 Å². The molecule has 0 spiro atoms. The van der Waals surface area contributed by atoms with E-state index in [1.807, 2.05) is 0 Å². The molecule has 0 radical (unpaired) electrons. The Hall–Kier alpha value is -0.340. The highest BCUT2D eigenvalue weighted by Gasteiger charge is 2.60. The van der Waals surface area contributed by atoms with Gasteiger partial charge in [0.2, 0.25) is 0 Å². The minimum Gasteiger partial charge on any atom is -0.390 e. The van der Waals surface area contributed by atoms with Gasteiger partial charge in [-0.15, -0.1) is 0 Å². The molecule has 4 aliphatic carbocycles. The van der Waals surface area contributed by atoms with Crippen LogP contribution < -0.4 is 0 Å². The Morgan fingerprint density at radius 1 is 1.10 bits per heavy atom. The molecule has 2 heteroatoms. The molecule has 2 nitrogen and oxygen atoms in total. The maximum atomic E-state index is 10.7. The van der Waals surface area contributed by atoms with Gasteiger partial charge in [-0.25, -0.2) is 0 Å². The van der Waals surface area contributed by atoms with Gasteiger partial charge < -0.3 is 10.2 Å². The number of rotatable bonds is 5. The van der Waals surface area contributed by atoms with E-state index in [9.17, 15) is 10.2 Å². The highest BCUT2D eigenvalue weighted by molar-refractivity contribution is 5.29. The van der Waals surface area contributed by atoms with Crippen molar-refractivity contribution < 1.29 is 15.7 Å². The lowest BCUT2D eigenvalue weighted by atomic mass is 9.46. The number of aliphatic hydroxyl groups excluding tert-OH is 2. The zero-order valence-electron chi connectivity index (χ0n) is 23.1. The van der Waals surface area contributed by atoms with E-state index in [4.69, 9.17) is 5.48 Å². The first-order chi connectivity index (χ1) is 15.2. The van der Waals surface area contributed by atoms with Gasteiger partial charge in [0.15, 0.2) is 0 Å². The van der Waals surface area contributed by atoms with Crippen LogP contribution in [-0.4, -0.2) is 22.4 Å². The Bertz CT molecular complexity index is 762. The average molecular weight is 407 g/mol. The molecule has 0 saturated heterocycles. The van der Waals surface area contributed by atoms with Crippen LogP contribution in [0, 0.1) is 46.3 Å². The molecule has 2 N–H and O–H groups in total. The van der Waals surface area contributed by atoms with Gasteiger partial charge in [-0.1, -0.05) is 59.9 Å². The zero-order chi connectivity index (χ0) is 24.4. The van der Waals surface area contributed by atoms with Gasteiger partial charge in [0.25, 0.3) is 0 Å². The Morgan fingerprint density at radius 3 is 2.66 bits per heavy atom. The van der Waals surface area contributed by atoms with Crippen LogP contribution in [0.1, 0.15) is 104 Å². The smallest absolute Gasteiger partial charge is 0.101 e. The summed E-state index contributed by atoms with van der Waals surface area (Å²) in [5, 5.41) is 21.0. The van der Waals surface area contributed by atoms with Crippen LogP contribution in [0.2, 0.25) is 0 Å². The largest absolute Gasteiger partial charge is 0.390 e. The molecule has 166 valence electrons. The number of allylic oxidation sites excluding steroid dienone is 1. The van der Waals surface area contributed by atoms with Gasteiger partial charge in [0.1, 0.15) is 6.10 Å². The van der Waals surface area contributed by atoms with Crippen molar-refractivity contribution in [3.63, 3.8) is 0 Å². The summed E-state index contributed by atoms with van der Waals surface area (Å²) in [6, 6.07) is 0. The molecule has 3 saturated carbocycles. The highest BCUT2D eigenvalue weighted by atomic mass is 16.3. The fourth-order valence-electron chi connectivity index (χ4n) is 8.58. The molecular weight excluding hydrogens is 356 g/mol.